The van der Waals surface area contributed by atoms with Crippen LogP contribution in [-0.4, -0.2) is 25.1 Å². The zero-order chi connectivity index (χ0) is 9.27. The van der Waals surface area contributed by atoms with Gasteiger partial charge in [-0.25, -0.2) is 0 Å². The Bertz CT molecular complexity index is 289. The molecule has 0 saturated heterocycles. The molecule has 0 spiro atoms. The first-order valence-electron chi connectivity index (χ1n) is 5.53. The van der Waals surface area contributed by atoms with Crippen molar-refractivity contribution in [1.29, 1.82) is 0 Å². The van der Waals surface area contributed by atoms with E-state index in [4.69, 9.17) is 0 Å². The van der Waals surface area contributed by atoms with Crippen molar-refractivity contribution in [3.63, 3.8) is 0 Å². The SMILES string of the molecule is CC12CC3=C[N+](C)(C)CC(CC31)C2. The Labute approximate surface area is 81.0 Å². The maximum absolute atomic E-state index is 2.53. The number of fused-ring (bicyclic) bond motifs is 1. The van der Waals surface area contributed by atoms with Crippen LogP contribution in [0.15, 0.2) is 11.8 Å². The molecule has 3 unspecified atom stereocenters. The summed E-state index contributed by atoms with van der Waals surface area (Å²) in [5, 5.41) is 0. The highest BCUT2D eigenvalue weighted by atomic mass is 15.3. The van der Waals surface area contributed by atoms with Crippen molar-refractivity contribution in [3.8, 4) is 0 Å². The molecule has 1 nitrogen and oxygen atoms in total. The van der Waals surface area contributed by atoms with E-state index in [1.54, 1.807) is 5.57 Å². The number of hydrogen-bond donors (Lipinski definition) is 0. The number of hydrogen-bond acceptors (Lipinski definition) is 0. The molecule has 1 heteroatoms. The van der Waals surface area contributed by atoms with Gasteiger partial charge in [-0.3, -0.25) is 0 Å². The van der Waals surface area contributed by atoms with Gasteiger partial charge in [0, 0.05) is 5.92 Å². The molecule has 3 rings (SSSR count). The second-order valence-corrected chi connectivity index (χ2v) is 6.35. The summed E-state index contributed by atoms with van der Waals surface area (Å²) in [5.74, 6) is 1.97. The Morgan fingerprint density at radius 2 is 2.23 bits per heavy atom. The van der Waals surface area contributed by atoms with Crippen LogP contribution in [0.1, 0.15) is 26.2 Å². The average Bonchev–Trinajstić information content (AvgIpc) is 2.11. The van der Waals surface area contributed by atoms with Crippen LogP contribution < -0.4 is 0 Å². The van der Waals surface area contributed by atoms with Gasteiger partial charge in [0.25, 0.3) is 0 Å². The lowest BCUT2D eigenvalue weighted by Crippen LogP contribution is -2.43. The third kappa shape index (κ3) is 0.969. The van der Waals surface area contributed by atoms with Crippen molar-refractivity contribution in [2.75, 3.05) is 20.6 Å². The highest BCUT2D eigenvalue weighted by Gasteiger charge is 2.56. The van der Waals surface area contributed by atoms with E-state index in [2.05, 4.69) is 27.2 Å². The molecule has 0 amide bonds. The molecule has 3 atom stereocenters. The molecule has 2 saturated carbocycles. The first-order valence-corrected chi connectivity index (χ1v) is 5.53. The van der Waals surface area contributed by atoms with E-state index < -0.39 is 0 Å². The molecule has 1 aliphatic heterocycles. The zero-order valence-electron chi connectivity index (χ0n) is 9.01. The van der Waals surface area contributed by atoms with E-state index in [-0.39, 0.29) is 0 Å². The molecule has 0 aromatic carbocycles. The van der Waals surface area contributed by atoms with E-state index in [0.717, 1.165) is 21.7 Å². The third-order valence-corrected chi connectivity index (χ3v) is 4.46. The highest BCUT2D eigenvalue weighted by Crippen LogP contribution is 2.63. The minimum Gasteiger partial charge on any atom is -0.302 e. The van der Waals surface area contributed by atoms with E-state index in [9.17, 15) is 0 Å². The lowest BCUT2D eigenvalue weighted by Gasteiger charge is -2.46. The standard InChI is InChI=1S/C12H20N/c1-12-5-9-4-11(12)10(6-12)8-13(2,3)7-9/h8-9,11H,4-7H2,1-3H3/q+1. The van der Waals surface area contributed by atoms with Gasteiger partial charge in [0.2, 0.25) is 0 Å². The number of nitrogens with zero attached hydrogens (tertiary/aromatic N) is 1. The molecule has 0 aromatic rings. The second kappa shape index (κ2) is 2.03. The maximum Gasteiger partial charge on any atom is 0.0949 e. The molecule has 2 aliphatic carbocycles. The molecule has 0 N–H and O–H groups in total. The Hall–Kier alpha value is -0.300. The van der Waals surface area contributed by atoms with Gasteiger partial charge >= 0.3 is 0 Å². The van der Waals surface area contributed by atoms with Crippen molar-refractivity contribution in [2.24, 2.45) is 17.3 Å². The van der Waals surface area contributed by atoms with E-state index in [0.29, 0.717) is 0 Å². The average molecular weight is 178 g/mol. The topological polar surface area (TPSA) is 0 Å². The number of quaternary nitrogens is 1. The molecule has 72 valence electrons. The molecule has 2 fully saturated rings. The Kier molecular flexibility index (Phi) is 1.26. The fraction of sp³-hybridized carbons (Fsp3) is 0.833. The summed E-state index contributed by atoms with van der Waals surface area (Å²) in [5.41, 5.74) is 2.49. The van der Waals surface area contributed by atoms with Crippen molar-refractivity contribution < 1.29 is 4.48 Å². The fourth-order valence-electron chi connectivity index (χ4n) is 4.20. The smallest absolute Gasteiger partial charge is 0.0949 e. The minimum absolute atomic E-state index is 0.719. The first kappa shape index (κ1) is 8.05. The summed E-state index contributed by atoms with van der Waals surface area (Å²) in [7, 11) is 4.70. The summed E-state index contributed by atoms with van der Waals surface area (Å²) < 4.78 is 1.13. The molecular formula is C12H20N+. The molecule has 0 aromatic heterocycles. The largest absolute Gasteiger partial charge is 0.302 e. The van der Waals surface area contributed by atoms with Gasteiger partial charge < -0.3 is 4.48 Å². The van der Waals surface area contributed by atoms with E-state index >= 15 is 0 Å². The van der Waals surface area contributed by atoms with Crippen LogP contribution in [0.3, 0.4) is 0 Å². The van der Waals surface area contributed by atoms with Crippen LogP contribution >= 0.6 is 0 Å². The molecule has 0 radical (unpaired) electrons. The third-order valence-electron chi connectivity index (χ3n) is 4.46. The summed E-state index contributed by atoms with van der Waals surface area (Å²) in [6.07, 6.45) is 6.92. The second-order valence-electron chi connectivity index (χ2n) is 6.35. The van der Waals surface area contributed by atoms with E-state index in [1.807, 2.05) is 0 Å². The minimum atomic E-state index is 0.719. The van der Waals surface area contributed by atoms with Gasteiger partial charge in [-0.2, -0.15) is 0 Å². The predicted molar refractivity (Wildman–Crippen MR) is 54.0 cm³/mol. The van der Waals surface area contributed by atoms with Crippen LogP contribution in [0.2, 0.25) is 0 Å². The maximum atomic E-state index is 2.53. The van der Waals surface area contributed by atoms with Crippen molar-refractivity contribution in [2.45, 2.75) is 26.2 Å². The Morgan fingerprint density at radius 3 is 3.00 bits per heavy atom. The van der Waals surface area contributed by atoms with Gasteiger partial charge in [0.05, 0.1) is 26.8 Å². The monoisotopic (exact) mass is 178 g/mol. The van der Waals surface area contributed by atoms with Gasteiger partial charge in [-0.15, -0.1) is 0 Å². The number of rotatable bonds is 0. The van der Waals surface area contributed by atoms with Crippen LogP contribution in [0.4, 0.5) is 0 Å². The van der Waals surface area contributed by atoms with Gasteiger partial charge in [-0.1, -0.05) is 6.92 Å². The summed E-state index contributed by atoms with van der Waals surface area (Å²) in [6, 6.07) is 0. The number of allylic oxidation sites excluding steroid dienone is 1. The zero-order valence-corrected chi connectivity index (χ0v) is 9.01. The molecular weight excluding hydrogens is 158 g/mol. The summed E-state index contributed by atoms with van der Waals surface area (Å²) in [4.78, 5) is 0. The lowest BCUT2D eigenvalue weighted by atomic mass is 9.60. The van der Waals surface area contributed by atoms with Gasteiger partial charge in [0.1, 0.15) is 0 Å². The van der Waals surface area contributed by atoms with Crippen molar-refractivity contribution in [1.82, 2.24) is 0 Å². The van der Waals surface area contributed by atoms with Crippen LogP contribution in [0.5, 0.6) is 0 Å². The lowest BCUT2D eigenvalue weighted by molar-refractivity contribution is -0.843. The quantitative estimate of drug-likeness (QED) is 0.500. The molecule has 13 heavy (non-hydrogen) atoms. The van der Waals surface area contributed by atoms with Crippen LogP contribution in [-0.2, 0) is 0 Å². The molecule has 2 bridgehead atoms. The molecule has 1 heterocycles. The van der Waals surface area contributed by atoms with Gasteiger partial charge in [-0.05, 0) is 36.2 Å². The first-order chi connectivity index (χ1) is 5.99. The van der Waals surface area contributed by atoms with Crippen molar-refractivity contribution >= 4 is 0 Å². The van der Waals surface area contributed by atoms with Crippen molar-refractivity contribution in [3.05, 3.63) is 11.8 Å². The fourth-order valence-corrected chi connectivity index (χ4v) is 4.20. The highest BCUT2D eigenvalue weighted by molar-refractivity contribution is 5.26. The normalized spacial score (nSPS) is 50.8. The van der Waals surface area contributed by atoms with Crippen LogP contribution in [0, 0.1) is 17.3 Å². The Balaban J connectivity index is 2.02. The van der Waals surface area contributed by atoms with Gasteiger partial charge in [0.15, 0.2) is 0 Å². The summed E-state index contributed by atoms with van der Waals surface area (Å²) >= 11 is 0. The molecule has 3 aliphatic rings. The van der Waals surface area contributed by atoms with E-state index in [1.165, 1.54) is 25.8 Å². The summed E-state index contributed by atoms with van der Waals surface area (Å²) in [6.45, 7) is 3.87. The predicted octanol–water partition coefficient (Wildman–Crippen LogP) is 2.40. The van der Waals surface area contributed by atoms with Crippen LogP contribution in [0.25, 0.3) is 0 Å². The Morgan fingerprint density at radius 1 is 1.46 bits per heavy atom.